The van der Waals surface area contributed by atoms with Gasteiger partial charge >= 0.3 is 0 Å². The summed E-state index contributed by atoms with van der Waals surface area (Å²) in [6.07, 6.45) is 0.823. The van der Waals surface area contributed by atoms with Crippen molar-refractivity contribution < 1.29 is 14.3 Å². The van der Waals surface area contributed by atoms with E-state index in [1.54, 1.807) is 7.11 Å². The van der Waals surface area contributed by atoms with Crippen LogP contribution in [0.3, 0.4) is 0 Å². The Kier molecular flexibility index (Phi) is 10.8. The molecule has 1 aromatic rings. The van der Waals surface area contributed by atoms with E-state index in [2.05, 4.69) is 37.5 Å². The van der Waals surface area contributed by atoms with Gasteiger partial charge in [0.2, 0.25) is 11.8 Å². The molecule has 1 atom stereocenters. The molecule has 0 bridgehead atoms. The third-order valence-electron chi connectivity index (χ3n) is 5.35. The zero-order valence-corrected chi connectivity index (χ0v) is 18.6. The first-order valence-electron chi connectivity index (χ1n) is 10.7. The molecule has 0 aromatic heterocycles. The number of carbonyl (C=O) groups is 2. The average molecular weight is 420 g/mol. The average Bonchev–Trinajstić information content (AvgIpc) is 2.73. The van der Waals surface area contributed by atoms with Crippen molar-refractivity contribution in [2.75, 3.05) is 80.2 Å². The summed E-state index contributed by atoms with van der Waals surface area (Å²) in [5.74, 6) is 0.0926. The van der Waals surface area contributed by atoms with Crippen molar-refractivity contribution in [1.82, 2.24) is 25.3 Å². The minimum absolute atomic E-state index is 0.0436. The Morgan fingerprint density at radius 3 is 2.10 bits per heavy atom. The summed E-state index contributed by atoms with van der Waals surface area (Å²) in [5, 5.41) is 5.99. The Labute approximate surface area is 180 Å². The molecule has 1 aliphatic rings. The molecule has 0 aliphatic carbocycles. The number of carbonyl (C=O) groups excluding carboxylic acids is 2. The number of nitrogens with zero attached hydrogens (tertiary/aromatic N) is 3. The molecule has 2 N–H and O–H groups in total. The fourth-order valence-electron chi connectivity index (χ4n) is 3.55. The van der Waals surface area contributed by atoms with Crippen molar-refractivity contribution in [3.8, 4) is 0 Å². The quantitative estimate of drug-likeness (QED) is 0.471. The van der Waals surface area contributed by atoms with E-state index in [1.165, 1.54) is 5.56 Å². The smallest absolute Gasteiger partial charge is 0.234 e. The summed E-state index contributed by atoms with van der Waals surface area (Å²) in [6.45, 7) is 5.86. The first-order chi connectivity index (χ1) is 14.5. The van der Waals surface area contributed by atoms with Gasteiger partial charge < -0.3 is 20.3 Å². The molecule has 0 saturated carbocycles. The van der Waals surface area contributed by atoms with Gasteiger partial charge in [-0.25, -0.2) is 0 Å². The minimum atomic E-state index is 0.0436. The maximum atomic E-state index is 12.4. The van der Waals surface area contributed by atoms with E-state index in [9.17, 15) is 9.59 Å². The van der Waals surface area contributed by atoms with Gasteiger partial charge in [0.1, 0.15) is 0 Å². The van der Waals surface area contributed by atoms with E-state index >= 15 is 0 Å². The van der Waals surface area contributed by atoms with E-state index in [0.29, 0.717) is 32.8 Å². The lowest BCUT2D eigenvalue weighted by Crippen LogP contribution is -2.51. The number of ether oxygens (including phenoxy) is 1. The van der Waals surface area contributed by atoms with Crippen LogP contribution >= 0.6 is 0 Å². The molecular weight excluding hydrogens is 382 g/mol. The molecule has 0 spiro atoms. The van der Waals surface area contributed by atoms with Crippen molar-refractivity contribution in [2.45, 2.75) is 12.5 Å². The van der Waals surface area contributed by atoms with Gasteiger partial charge in [-0.1, -0.05) is 30.3 Å². The monoisotopic (exact) mass is 419 g/mol. The highest BCUT2D eigenvalue weighted by molar-refractivity contribution is 5.78. The molecule has 30 heavy (non-hydrogen) atoms. The van der Waals surface area contributed by atoms with Gasteiger partial charge in [0.15, 0.2) is 0 Å². The van der Waals surface area contributed by atoms with Crippen LogP contribution < -0.4 is 10.6 Å². The minimum Gasteiger partial charge on any atom is -0.385 e. The van der Waals surface area contributed by atoms with E-state index < -0.39 is 0 Å². The fraction of sp³-hybridized carbons (Fsp3) is 0.636. The molecule has 1 aliphatic heterocycles. The number of benzene rings is 1. The Balaban J connectivity index is 1.65. The third kappa shape index (κ3) is 8.79. The van der Waals surface area contributed by atoms with Gasteiger partial charge in [-0.2, -0.15) is 0 Å². The number of piperazine rings is 1. The van der Waals surface area contributed by atoms with Crippen LogP contribution in [-0.4, -0.2) is 107 Å². The lowest BCUT2D eigenvalue weighted by molar-refractivity contribution is -0.125. The van der Waals surface area contributed by atoms with Crippen LogP contribution in [0.5, 0.6) is 0 Å². The highest BCUT2D eigenvalue weighted by atomic mass is 16.5. The highest BCUT2D eigenvalue weighted by Gasteiger charge is 2.21. The van der Waals surface area contributed by atoms with Crippen LogP contribution in [0, 0.1) is 0 Å². The highest BCUT2D eigenvalue weighted by Crippen LogP contribution is 2.16. The van der Waals surface area contributed by atoms with Crippen LogP contribution in [0.1, 0.15) is 18.0 Å². The number of hydrogen-bond acceptors (Lipinski definition) is 6. The Hall–Kier alpha value is -2.00. The number of amides is 2. The lowest BCUT2D eigenvalue weighted by Gasteiger charge is -2.34. The number of methoxy groups -OCH3 is 1. The summed E-state index contributed by atoms with van der Waals surface area (Å²) < 4.78 is 4.98. The zero-order chi connectivity index (χ0) is 21.8. The topological polar surface area (TPSA) is 77.1 Å². The van der Waals surface area contributed by atoms with Crippen molar-refractivity contribution in [3.63, 3.8) is 0 Å². The summed E-state index contributed by atoms with van der Waals surface area (Å²) in [4.78, 5) is 30.8. The Bertz CT molecular complexity index is 633. The summed E-state index contributed by atoms with van der Waals surface area (Å²) in [6, 6.07) is 10.4. The van der Waals surface area contributed by atoms with Gasteiger partial charge in [0.25, 0.3) is 0 Å². The van der Waals surface area contributed by atoms with Gasteiger partial charge in [-0.3, -0.25) is 19.4 Å². The molecule has 2 amide bonds. The second-order valence-electron chi connectivity index (χ2n) is 7.94. The van der Waals surface area contributed by atoms with Crippen LogP contribution in [0.15, 0.2) is 30.3 Å². The maximum Gasteiger partial charge on any atom is 0.234 e. The molecule has 168 valence electrons. The molecule has 1 saturated heterocycles. The SMILES string of the molecule is COCCCNC(=O)CN1CCN(CC(=O)NCC(c2ccccc2)N(C)C)CC1. The van der Waals surface area contributed by atoms with Gasteiger partial charge in [-0.05, 0) is 26.1 Å². The Morgan fingerprint density at radius 1 is 1.00 bits per heavy atom. The number of hydrogen-bond donors (Lipinski definition) is 2. The molecular formula is C22H37N5O3. The molecule has 1 fully saturated rings. The first-order valence-corrected chi connectivity index (χ1v) is 10.7. The molecule has 1 heterocycles. The molecule has 1 aromatic carbocycles. The number of rotatable bonds is 12. The first kappa shape index (κ1) is 24.3. The van der Waals surface area contributed by atoms with Crippen molar-refractivity contribution in [1.29, 1.82) is 0 Å². The number of likely N-dealkylation sites (N-methyl/N-ethyl adjacent to an activating group) is 1. The van der Waals surface area contributed by atoms with Crippen molar-refractivity contribution in [3.05, 3.63) is 35.9 Å². The maximum absolute atomic E-state index is 12.4. The lowest BCUT2D eigenvalue weighted by atomic mass is 10.1. The second-order valence-corrected chi connectivity index (χ2v) is 7.94. The van der Waals surface area contributed by atoms with Crippen LogP contribution in [0.4, 0.5) is 0 Å². The van der Waals surface area contributed by atoms with E-state index in [4.69, 9.17) is 4.74 Å². The second kappa shape index (κ2) is 13.3. The van der Waals surface area contributed by atoms with Crippen molar-refractivity contribution in [2.24, 2.45) is 0 Å². The standard InChI is InChI=1S/C22H37N5O3/c1-25(2)20(19-8-5-4-6-9-19)16-24-22(29)18-27-13-11-26(12-14-27)17-21(28)23-10-7-15-30-3/h4-6,8-9,20H,7,10-18H2,1-3H3,(H,23,28)(H,24,29). The summed E-state index contributed by atoms with van der Waals surface area (Å²) >= 11 is 0. The molecule has 8 nitrogen and oxygen atoms in total. The molecule has 2 rings (SSSR count). The summed E-state index contributed by atoms with van der Waals surface area (Å²) in [7, 11) is 5.71. The summed E-state index contributed by atoms with van der Waals surface area (Å²) in [5.41, 5.74) is 1.19. The molecule has 0 radical (unpaired) electrons. The van der Waals surface area contributed by atoms with E-state index in [0.717, 1.165) is 32.6 Å². The van der Waals surface area contributed by atoms with Crippen molar-refractivity contribution >= 4 is 11.8 Å². The van der Waals surface area contributed by atoms with E-state index in [1.807, 2.05) is 32.3 Å². The van der Waals surface area contributed by atoms with Gasteiger partial charge in [0, 0.05) is 53.0 Å². The normalized spacial score (nSPS) is 16.4. The predicted octanol–water partition coefficient (Wildman–Crippen LogP) is 0.176. The fourth-order valence-corrected chi connectivity index (χ4v) is 3.55. The van der Waals surface area contributed by atoms with E-state index in [-0.39, 0.29) is 17.9 Å². The van der Waals surface area contributed by atoms with Gasteiger partial charge in [0.05, 0.1) is 19.1 Å². The molecule has 8 heteroatoms. The van der Waals surface area contributed by atoms with Gasteiger partial charge in [-0.15, -0.1) is 0 Å². The third-order valence-corrected chi connectivity index (χ3v) is 5.35. The van der Waals surface area contributed by atoms with Crippen LogP contribution in [0.2, 0.25) is 0 Å². The predicted molar refractivity (Wildman–Crippen MR) is 118 cm³/mol. The Morgan fingerprint density at radius 2 is 1.57 bits per heavy atom. The van der Waals surface area contributed by atoms with Crippen LogP contribution in [-0.2, 0) is 14.3 Å². The zero-order valence-electron chi connectivity index (χ0n) is 18.6. The molecule has 1 unspecified atom stereocenters. The number of nitrogens with one attached hydrogen (secondary N) is 2. The van der Waals surface area contributed by atoms with Crippen LogP contribution in [0.25, 0.3) is 0 Å². The largest absolute Gasteiger partial charge is 0.385 e.